The lowest BCUT2D eigenvalue weighted by atomic mass is 10.2. The molecule has 3 N–H and O–H groups in total. The van der Waals surface area contributed by atoms with E-state index in [-0.39, 0.29) is 6.03 Å². The number of benzene rings is 1. The minimum Gasteiger partial charge on any atom is -0.367 e. The highest BCUT2D eigenvalue weighted by Crippen LogP contribution is 2.28. The molecule has 0 atom stereocenters. The minimum absolute atomic E-state index is 0.271. The summed E-state index contributed by atoms with van der Waals surface area (Å²) < 4.78 is 1.72. The van der Waals surface area contributed by atoms with Crippen molar-refractivity contribution in [2.45, 2.75) is 0 Å². The van der Waals surface area contributed by atoms with E-state index in [9.17, 15) is 4.79 Å². The highest BCUT2D eigenvalue weighted by Gasteiger charge is 2.07. The molecule has 0 saturated carbocycles. The minimum atomic E-state index is -0.271. The van der Waals surface area contributed by atoms with Gasteiger partial charge in [-0.1, -0.05) is 41.7 Å². The van der Waals surface area contributed by atoms with Gasteiger partial charge in [0.2, 0.25) is 0 Å². The molecule has 0 fully saturated rings. The van der Waals surface area contributed by atoms with Crippen LogP contribution in [0.3, 0.4) is 0 Å². The molecule has 2 heterocycles. The zero-order valence-corrected chi connectivity index (χ0v) is 14.0. The number of thiazole rings is 1. The van der Waals surface area contributed by atoms with E-state index in [0.29, 0.717) is 18.2 Å². The topological polar surface area (TPSA) is 83.9 Å². The summed E-state index contributed by atoms with van der Waals surface area (Å²) in [5.74, 6) is 0.784. The third-order valence-electron chi connectivity index (χ3n) is 3.21. The van der Waals surface area contributed by atoms with Crippen LogP contribution in [-0.4, -0.2) is 33.9 Å². The van der Waals surface area contributed by atoms with E-state index >= 15 is 0 Å². The van der Waals surface area contributed by atoms with Gasteiger partial charge in [-0.3, -0.25) is 10.00 Å². The van der Waals surface area contributed by atoms with E-state index in [4.69, 9.17) is 0 Å². The van der Waals surface area contributed by atoms with E-state index < -0.39 is 0 Å². The third kappa shape index (κ3) is 4.32. The number of carbonyl (C=O) groups is 1. The number of nitrogens with one attached hydrogen (secondary N) is 3. The third-order valence-corrected chi connectivity index (χ3v) is 4.18. The molecule has 0 unspecified atom stereocenters. The summed E-state index contributed by atoms with van der Waals surface area (Å²) in [7, 11) is 1.86. The van der Waals surface area contributed by atoms with Crippen molar-refractivity contribution in [1.82, 2.24) is 20.1 Å². The Morgan fingerprint density at radius 2 is 2.04 bits per heavy atom. The summed E-state index contributed by atoms with van der Waals surface area (Å²) in [4.78, 5) is 17.1. The van der Waals surface area contributed by atoms with Gasteiger partial charge in [-0.25, -0.2) is 9.78 Å². The number of hydrogen-bond donors (Lipinski definition) is 3. The molecule has 2 amide bonds. The quantitative estimate of drug-likeness (QED) is 0.602. The highest BCUT2D eigenvalue weighted by atomic mass is 32.1. The van der Waals surface area contributed by atoms with Gasteiger partial charge in [-0.15, -0.1) is 0 Å². The van der Waals surface area contributed by atoms with Gasteiger partial charge in [0.15, 0.2) is 5.13 Å². The number of aromatic nitrogens is 3. The largest absolute Gasteiger partial charge is 0.367 e. The van der Waals surface area contributed by atoms with Crippen molar-refractivity contribution in [1.29, 1.82) is 0 Å². The number of carbonyl (C=O) groups excluding carboxylic acids is 1. The summed E-state index contributed by atoms with van der Waals surface area (Å²) in [5.41, 5.74) is 1.09. The fourth-order valence-corrected chi connectivity index (χ4v) is 2.90. The monoisotopic (exact) mass is 342 g/mol. The fourth-order valence-electron chi connectivity index (χ4n) is 2.09. The number of aryl methyl sites for hydroxylation is 1. The van der Waals surface area contributed by atoms with Crippen LogP contribution in [0, 0.1) is 0 Å². The number of urea groups is 1. The van der Waals surface area contributed by atoms with Crippen LogP contribution >= 0.6 is 11.3 Å². The van der Waals surface area contributed by atoms with Gasteiger partial charge in [0.05, 0.1) is 4.88 Å². The lowest BCUT2D eigenvalue weighted by Gasteiger charge is -2.06. The number of anilines is 2. The molecule has 8 heteroatoms. The van der Waals surface area contributed by atoms with Crippen molar-refractivity contribution in [3.05, 3.63) is 48.8 Å². The van der Waals surface area contributed by atoms with Crippen molar-refractivity contribution in [3.8, 4) is 10.4 Å². The molecular formula is C16H18N6OS. The molecule has 1 aromatic carbocycles. The lowest BCUT2D eigenvalue weighted by Crippen LogP contribution is -2.32. The van der Waals surface area contributed by atoms with Gasteiger partial charge in [0.25, 0.3) is 0 Å². The zero-order valence-electron chi connectivity index (χ0n) is 13.2. The van der Waals surface area contributed by atoms with Crippen LogP contribution in [0.25, 0.3) is 10.4 Å². The molecule has 0 spiro atoms. The normalized spacial score (nSPS) is 10.4. The Labute approximate surface area is 143 Å². The zero-order chi connectivity index (χ0) is 16.8. The van der Waals surface area contributed by atoms with Crippen molar-refractivity contribution >= 4 is 28.3 Å². The second kappa shape index (κ2) is 7.60. The van der Waals surface area contributed by atoms with Crippen molar-refractivity contribution in [2.24, 2.45) is 7.05 Å². The molecule has 124 valence electrons. The van der Waals surface area contributed by atoms with Gasteiger partial charge in [-0.05, 0) is 5.56 Å². The molecule has 0 aliphatic heterocycles. The molecule has 0 aliphatic carbocycles. The maximum atomic E-state index is 11.9. The SMILES string of the molecule is Cn1ccc(NCCNC(=O)Nc2ncc(-c3ccccc3)s2)n1. The van der Waals surface area contributed by atoms with Crippen molar-refractivity contribution in [3.63, 3.8) is 0 Å². The number of amides is 2. The molecule has 0 bridgehead atoms. The van der Waals surface area contributed by atoms with Crippen molar-refractivity contribution < 1.29 is 4.79 Å². The highest BCUT2D eigenvalue weighted by molar-refractivity contribution is 7.19. The predicted molar refractivity (Wildman–Crippen MR) is 96.3 cm³/mol. The van der Waals surface area contributed by atoms with E-state index in [1.54, 1.807) is 10.9 Å². The molecule has 3 aromatic rings. The molecular weight excluding hydrogens is 324 g/mol. The Kier molecular flexibility index (Phi) is 5.07. The first-order chi connectivity index (χ1) is 11.7. The molecule has 7 nitrogen and oxygen atoms in total. The summed E-state index contributed by atoms with van der Waals surface area (Å²) >= 11 is 1.44. The summed E-state index contributed by atoms with van der Waals surface area (Å²) in [5, 5.41) is 13.4. The standard InChI is InChI=1S/C16H18N6OS/c1-22-10-7-14(21-22)17-8-9-18-15(23)20-16-19-11-13(24-16)12-5-3-2-4-6-12/h2-7,10-11H,8-9H2,1H3,(H,17,21)(H2,18,19,20,23). The van der Waals surface area contributed by atoms with Gasteiger partial charge >= 0.3 is 6.03 Å². The molecule has 3 rings (SSSR count). The van der Waals surface area contributed by atoms with E-state index in [1.165, 1.54) is 11.3 Å². The Hall–Kier alpha value is -2.87. The van der Waals surface area contributed by atoms with Crippen LogP contribution in [0.2, 0.25) is 0 Å². The first-order valence-corrected chi connectivity index (χ1v) is 8.32. The van der Waals surface area contributed by atoms with Crippen molar-refractivity contribution in [2.75, 3.05) is 23.7 Å². The van der Waals surface area contributed by atoms with Gasteiger partial charge in [-0.2, -0.15) is 5.10 Å². The summed E-state index contributed by atoms with van der Waals surface area (Å²) in [6, 6.07) is 11.6. The van der Waals surface area contributed by atoms with Gasteiger partial charge in [0, 0.05) is 38.6 Å². The second-order valence-corrected chi connectivity index (χ2v) is 6.11. The van der Waals surface area contributed by atoms with Gasteiger partial charge in [0.1, 0.15) is 5.82 Å². The number of rotatable bonds is 6. The van der Waals surface area contributed by atoms with Crippen LogP contribution in [0.15, 0.2) is 48.8 Å². The van der Waals surface area contributed by atoms with Crippen LogP contribution in [0.4, 0.5) is 15.7 Å². The van der Waals surface area contributed by atoms with Crippen LogP contribution in [0.5, 0.6) is 0 Å². The van der Waals surface area contributed by atoms with Crippen LogP contribution in [0.1, 0.15) is 0 Å². The van der Waals surface area contributed by atoms with E-state index in [2.05, 4.69) is 26.0 Å². The Bertz CT molecular complexity index is 798. The molecule has 0 radical (unpaired) electrons. The maximum Gasteiger partial charge on any atom is 0.321 e. The lowest BCUT2D eigenvalue weighted by molar-refractivity contribution is 0.252. The van der Waals surface area contributed by atoms with Crippen LogP contribution in [-0.2, 0) is 7.05 Å². The van der Waals surface area contributed by atoms with E-state index in [1.807, 2.05) is 49.6 Å². The number of nitrogens with zero attached hydrogens (tertiary/aromatic N) is 3. The molecule has 0 saturated heterocycles. The first-order valence-electron chi connectivity index (χ1n) is 7.50. The maximum absolute atomic E-state index is 11.9. The number of hydrogen-bond acceptors (Lipinski definition) is 5. The fraction of sp³-hybridized carbons (Fsp3) is 0.188. The van der Waals surface area contributed by atoms with E-state index in [0.717, 1.165) is 16.3 Å². The van der Waals surface area contributed by atoms with Gasteiger partial charge < -0.3 is 10.6 Å². The van der Waals surface area contributed by atoms with Crippen LogP contribution < -0.4 is 16.0 Å². The average Bonchev–Trinajstić information content (AvgIpc) is 3.22. The average molecular weight is 342 g/mol. The second-order valence-electron chi connectivity index (χ2n) is 5.08. The molecule has 0 aliphatic rings. The molecule has 24 heavy (non-hydrogen) atoms. The predicted octanol–water partition coefficient (Wildman–Crippen LogP) is 2.78. The Morgan fingerprint density at radius 3 is 2.79 bits per heavy atom. The molecule has 2 aromatic heterocycles. The first kappa shape index (κ1) is 16.0. The summed E-state index contributed by atoms with van der Waals surface area (Å²) in [6.45, 7) is 1.08. The summed E-state index contributed by atoms with van der Waals surface area (Å²) in [6.07, 6.45) is 3.62. The Balaban J connectivity index is 1.43. The smallest absolute Gasteiger partial charge is 0.321 e. The Morgan fingerprint density at radius 1 is 1.21 bits per heavy atom.